The molecular weight excluding hydrogens is 1930 g/mol. The number of aliphatic hydroxyl groups excluding tert-OH is 2. The number of aromatic nitrogens is 6. The summed E-state index contributed by atoms with van der Waals surface area (Å²) in [4.78, 5) is 54.5. The summed E-state index contributed by atoms with van der Waals surface area (Å²) in [6, 6.07) is 98.3. The van der Waals surface area contributed by atoms with Crippen molar-refractivity contribution in [3.63, 3.8) is 0 Å². The van der Waals surface area contributed by atoms with E-state index < -0.39 is 0 Å². The number of aliphatic hydroxyl groups is 2. The van der Waals surface area contributed by atoms with Gasteiger partial charge in [-0.1, -0.05) is 203 Å². The van der Waals surface area contributed by atoms with Crippen LogP contribution in [-0.2, 0) is 69.9 Å². The van der Waals surface area contributed by atoms with E-state index >= 15 is 0 Å². The summed E-state index contributed by atoms with van der Waals surface area (Å²) in [6.07, 6.45) is 7.69. The Morgan fingerprint density at radius 1 is 0.435 bits per heavy atom. The number of pyridine rings is 4. The molecule has 108 heavy (non-hydrogen) atoms. The number of nitrogens with zero attached hydrogens (tertiary/aromatic N) is 10. The molecule has 3 radical (unpaired) electrons. The standard InChI is InChI=1S/C17H14N2O2.C17H10NS.C16H20N2O2.2C13H8NS.C12H8N3.3Ir/c1-12-15(16(20)13-8-4-2-5-9-13)17(21)19(18-12)14-10-6-3-7-11-14;1-3-7-14-12(5-1)9-10-18-17(14)16-11-13-6-2-4-8-15(13)19-16;1-11-14(13(19)10-16(2,3)4)15(20)18(17-11)12-8-6-5-7-9-12;2*1-2-7-12-10(5-1)9-13(15-12)11-6-3-4-8-14-11;1-2-6-10-9(5-1)14-12(15-10)11-7-3-4-8-13-11;;;/h2-11,20H,1H3;1-10H;5-9,19H,10H2,1-4H3;3*1-8H;;;/q;-1;;3*-1;;;. The second-order valence-corrected chi connectivity index (χ2v) is 28.3. The molecule has 2 N–H and O–H groups in total. The van der Waals surface area contributed by atoms with Gasteiger partial charge in [-0.2, -0.15) is 20.2 Å². The predicted molar refractivity (Wildman–Crippen MR) is 431 cm³/mol. The van der Waals surface area contributed by atoms with Crippen molar-refractivity contribution in [2.24, 2.45) is 15.6 Å². The van der Waals surface area contributed by atoms with Crippen LogP contribution in [0, 0.1) is 23.6 Å². The molecule has 8 aromatic heterocycles. The van der Waals surface area contributed by atoms with E-state index in [1.54, 1.807) is 78.3 Å². The maximum Gasteiger partial charge on any atom is 0.284 e. The molecule has 2 aliphatic heterocycles. The Bertz CT molecular complexity index is 5420. The number of thiophene rings is 3. The van der Waals surface area contributed by atoms with Crippen LogP contribution in [0.2, 0.25) is 0 Å². The van der Waals surface area contributed by atoms with Crippen molar-refractivity contribution in [2.45, 2.75) is 41.0 Å². The topological polar surface area (TPSA) is 184 Å². The largest absolute Gasteiger partial charge is 0.511 e. The van der Waals surface area contributed by atoms with Crippen LogP contribution in [-0.4, -0.2) is 58.4 Å². The molecule has 0 unspecified atom stereocenters. The monoisotopic (exact) mass is 2000 g/mol. The molecule has 18 rings (SSSR count). The Hall–Kier alpha value is -10.7. The molecule has 0 fully saturated rings. The SMILES string of the molecule is CC1=NN(c2ccccc2)C(=O)C1=C(O)CC(C)(C)C.CC1=NN(c2ccccc2)C(=O)C1=C(O)c1ccccc1.[Ir].[Ir].[Ir].[c-]1c(-c2ccccn2)sc2ccccc12.[c-]1c(-c2ccccn2)sc2ccccc12.[c-]1c(-c2nccc3ccccc23)sc2ccccc12.c1ccc(-c2nc3ccccc3[n-]2)nc1. The van der Waals surface area contributed by atoms with Crippen LogP contribution in [0.15, 0.2) is 325 Å². The Labute approximate surface area is 678 Å². The number of hydrogen-bond acceptors (Lipinski definition) is 14. The summed E-state index contributed by atoms with van der Waals surface area (Å²) in [7, 11) is 0. The molecule has 543 valence electrons. The Morgan fingerprint density at radius 2 is 0.852 bits per heavy atom. The minimum absolute atomic E-state index is 0. The molecular formula is C88H68Ir3N10O4S3-4. The molecule has 20 heteroatoms. The fourth-order valence-electron chi connectivity index (χ4n) is 11.3. The number of imidazole rings is 1. The van der Waals surface area contributed by atoms with E-state index in [-0.39, 0.29) is 94.6 Å². The van der Waals surface area contributed by atoms with Gasteiger partial charge in [0.05, 0.1) is 28.5 Å². The third-order valence-corrected chi connectivity index (χ3v) is 19.5. The van der Waals surface area contributed by atoms with Crippen LogP contribution in [0.4, 0.5) is 11.4 Å². The van der Waals surface area contributed by atoms with Gasteiger partial charge in [-0.3, -0.25) is 14.6 Å². The van der Waals surface area contributed by atoms with E-state index in [0.717, 1.165) is 53.8 Å². The van der Waals surface area contributed by atoms with Gasteiger partial charge >= 0.3 is 0 Å². The number of hydrazone groups is 2. The van der Waals surface area contributed by atoms with Crippen molar-refractivity contribution in [3.8, 4) is 43.2 Å². The molecule has 10 heterocycles. The predicted octanol–water partition coefficient (Wildman–Crippen LogP) is 21.7. The minimum Gasteiger partial charge on any atom is -0.511 e. The van der Waals surface area contributed by atoms with Gasteiger partial charge in [-0.05, 0) is 130 Å². The molecule has 16 aromatic rings. The Kier molecular flexibility index (Phi) is 27.9. The second-order valence-electron chi connectivity index (χ2n) is 25.1. The third kappa shape index (κ3) is 19.7. The first kappa shape index (κ1) is 79.8. The van der Waals surface area contributed by atoms with Gasteiger partial charge in [0.1, 0.15) is 22.7 Å². The van der Waals surface area contributed by atoms with Crippen molar-refractivity contribution in [1.82, 2.24) is 29.9 Å². The van der Waals surface area contributed by atoms with Crippen LogP contribution in [0.25, 0.3) is 101 Å². The number of carbonyl (C=O) groups is 2. The first-order valence-electron chi connectivity index (χ1n) is 33.7. The number of allylic oxidation sites excluding steroid dienone is 1. The van der Waals surface area contributed by atoms with Crippen LogP contribution in [0.1, 0.15) is 46.6 Å². The smallest absolute Gasteiger partial charge is 0.284 e. The third-order valence-electron chi connectivity index (χ3n) is 16.3. The van der Waals surface area contributed by atoms with Crippen molar-refractivity contribution in [2.75, 3.05) is 10.0 Å². The molecule has 0 saturated carbocycles. The van der Waals surface area contributed by atoms with Crippen molar-refractivity contribution < 1.29 is 80.1 Å². The van der Waals surface area contributed by atoms with Crippen molar-refractivity contribution >= 4 is 126 Å². The molecule has 14 nitrogen and oxygen atoms in total. The van der Waals surface area contributed by atoms with Gasteiger partial charge < -0.3 is 35.1 Å². The zero-order valence-corrected chi connectivity index (χ0v) is 68.5. The quantitative estimate of drug-likeness (QED) is 0.0843. The summed E-state index contributed by atoms with van der Waals surface area (Å²) in [5.74, 6) is 0.176. The van der Waals surface area contributed by atoms with E-state index in [2.05, 4.69) is 137 Å². The van der Waals surface area contributed by atoms with Gasteiger partial charge in [-0.15, -0.1) is 70.8 Å². The van der Waals surface area contributed by atoms with Crippen LogP contribution in [0.3, 0.4) is 0 Å². The van der Waals surface area contributed by atoms with E-state index in [0.29, 0.717) is 46.2 Å². The first-order chi connectivity index (χ1) is 51.2. The van der Waals surface area contributed by atoms with Gasteiger partial charge in [-0.25, -0.2) is 34.0 Å². The van der Waals surface area contributed by atoms with Crippen LogP contribution in [0.5, 0.6) is 0 Å². The Morgan fingerprint density at radius 3 is 1.34 bits per heavy atom. The molecule has 0 atom stereocenters. The molecule has 0 spiro atoms. The van der Waals surface area contributed by atoms with Crippen LogP contribution < -0.4 is 15.0 Å². The zero-order chi connectivity index (χ0) is 72.7. The molecule has 8 aromatic carbocycles. The Balaban J connectivity index is 0.000000138. The molecule has 2 aliphatic rings. The molecule has 2 amide bonds. The van der Waals surface area contributed by atoms with Gasteiger partial charge in [0.25, 0.3) is 11.8 Å². The fourth-order valence-corrected chi connectivity index (χ4v) is 14.3. The van der Waals surface area contributed by atoms with Crippen molar-refractivity contribution in [3.05, 3.63) is 338 Å². The molecule has 0 aliphatic carbocycles. The number of anilines is 2. The van der Waals surface area contributed by atoms with E-state index in [9.17, 15) is 19.8 Å². The number of para-hydroxylation sites is 4. The number of benzene rings is 8. The number of amides is 2. The fraction of sp³-hybridized carbons (Fsp3) is 0.0795. The summed E-state index contributed by atoms with van der Waals surface area (Å²) >= 11 is 5.21. The van der Waals surface area contributed by atoms with Gasteiger partial charge in [0.15, 0.2) is 0 Å². The number of fused-ring (bicyclic) bond motifs is 5. The molecule has 0 bridgehead atoms. The number of hydrogen-bond donors (Lipinski definition) is 2. The van der Waals surface area contributed by atoms with E-state index in [4.69, 9.17) is 0 Å². The average Bonchev–Trinajstić information content (AvgIpc) is 1.65. The summed E-state index contributed by atoms with van der Waals surface area (Å²) in [5.41, 5.74) is 9.19. The average molecular weight is 2000 g/mol. The van der Waals surface area contributed by atoms with Crippen molar-refractivity contribution in [1.29, 1.82) is 0 Å². The van der Waals surface area contributed by atoms with Gasteiger partial charge in [0.2, 0.25) is 0 Å². The van der Waals surface area contributed by atoms with Gasteiger partial charge in [0, 0.05) is 114 Å². The first-order valence-corrected chi connectivity index (χ1v) is 36.2. The normalized spacial score (nSPS) is 13.1. The van der Waals surface area contributed by atoms with E-state index in [1.165, 1.54) is 45.7 Å². The second kappa shape index (κ2) is 37.7. The van der Waals surface area contributed by atoms with E-state index in [1.807, 2.05) is 209 Å². The summed E-state index contributed by atoms with van der Waals surface area (Å²) in [5, 5.41) is 37.7. The molecule has 0 saturated heterocycles. The van der Waals surface area contributed by atoms with Crippen LogP contribution >= 0.6 is 34.0 Å². The maximum atomic E-state index is 12.5. The summed E-state index contributed by atoms with van der Waals surface area (Å²) in [6.45, 7) is 9.52. The zero-order valence-electron chi connectivity index (χ0n) is 58.9. The number of carbonyl (C=O) groups excluding carboxylic acids is 2. The maximum absolute atomic E-state index is 12.5. The summed E-state index contributed by atoms with van der Waals surface area (Å²) < 4.78 is 3.78. The minimum atomic E-state index is -0.319. The number of rotatable bonds is 8.